The number of fused-ring (bicyclic) bond motifs is 1. The number of nitrogens with one attached hydrogen (secondary N) is 2. The lowest BCUT2D eigenvalue weighted by Gasteiger charge is -2.09. The lowest BCUT2D eigenvalue weighted by molar-refractivity contribution is 0.0948. The van der Waals surface area contributed by atoms with Crippen molar-refractivity contribution in [1.29, 1.82) is 0 Å². The summed E-state index contributed by atoms with van der Waals surface area (Å²) in [6, 6.07) is 6.04. The summed E-state index contributed by atoms with van der Waals surface area (Å²) in [5.74, 6) is -0.389. The monoisotopic (exact) mass is 412 g/mol. The highest BCUT2D eigenvalue weighted by molar-refractivity contribution is 6.13. The van der Waals surface area contributed by atoms with Crippen LogP contribution < -0.4 is 21.0 Å². The fraction of sp³-hybridized carbons (Fsp3) is 0.333. The predicted octanol–water partition coefficient (Wildman–Crippen LogP) is 2.80. The Morgan fingerprint density at radius 1 is 1.17 bits per heavy atom. The van der Waals surface area contributed by atoms with Crippen LogP contribution in [0.4, 0.5) is 5.69 Å². The van der Waals surface area contributed by atoms with Gasteiger partial charge in [-0.15, -0.1) is 0 Å². The first kappa shape index (κ1) is 21.1. The standard InChI is InChI=1S/C21H24N4O5/c1-4-9-22-21(28)19-16(12-25(5-2)24-19)23-20(27)15-11-18(26)30-17-10-13(29-6-3)7-8-14(15)17/h7-8,10-12H,4-6,9H2,1-3H3,(H,22,28)(H,23,27). The lowest BCUT2D eigenvalue weighted by atomic mass is 10.1. The Kier molecular flexibility index (Phi) is 6.51. The highest BCUT2D eigenvalue weighted by atomic mass is 16.5. The smallest absolute Gasteiger partial charge is 0.337 e. The van der Waals surface area contributed by atoms with Gasteiger partial charge in [0.25, 0.3) is 11.8 Å². The number of hydrogen-bond donors (Lipinski definition) is 2. The maximum Gasteiger partial charge on any atom is 0.337 e. The number of ether oxygens (including phenoxy) is 1. The summed E-state index contributed by atoms with van der Waals surface area (Å²) >= 11 is 0. The number of amides is 2. The molecule has 0 radical (unpaired) electrons. The number of rotatable bonds is 8. The normalized spacial score (nSPS) is 10.8. The van der Waals surface area contributed by atoms with Crippen LogP contribution in [0.2, 0.25) is 0 Å². The molecule has 1 aromatic carbocycles. The van der Waals surface area contributed by atoms with E-state index < -0.39 is 11.5 Å². The first-order chi connectivity index (χ1) is 14.5. The second-order valence-electron chi connectivity index (χ2n) is 6.53. The van der Waals surface area contributed by atoms with Crippen LogP contribution in [0.25, 0.3) is 11.0 Å². The minimum atomic E-state index is -0.661. The topological polar surface area (TPSA) is 115 Å². The molecule has 2 amide bonds. The molecule has 3 rings (SSSR count). The fourth-order valence-electron chi connectivity index (χ4n) is 2.94. The quantitative estimate of drug-likeness (QED) is 0.550. The van der Waals surface area contributed by atoms with E-state index in [-0.39, 0.29) is 28.4 Å². The van der Waals surface area contributed by atoms with Gasteiger partial charge in [-0.1, -0.05) is 6.92 Å². The van der Waals surface area contributed by atoms with E-state index in [4.69, 9.17) is 9.15 Å². The third-order valence-electron chi connectivity index (χ3n) is 4.36. The van der Waals surface area contributed by atoms with Crippen LogP contribution in [0, 0.1) is 0 Å². The maximum absolute atomic E-state index is 13.0. The summed E-state index contributed by atoms with van der Waals surface area (Å²) in [7, 11) is 0. The maximum atomic E-state index is 13.0. The molecule has 2 N–H and O–H groups in total. The number of anilines is 1. The molecular formula is C21H24N4O5. The van der Waals surface area contributed by atoms with Gasteiger partial charge in [-0.05, 0) is 32.4 Å². The minimum Gasteiger partial charge on any atom is -0.494 e. The fourth-order valence-corrected chi connectivity index (χ4v) is 2.94. The number of nitrogens with zero attached hydrogens (tertiary/aromatic N) is 2. The van der Waals surface area contributed by atoms with E-state index in [9.17, 15) is 14.4 Å². The van der Waals surface area contributed by atoms with Crippen molar-refractivity contribution >= 4 is 28.5 Å². The molecule has 0 unspecified atom stereocenters. The molecular weight excluding hydrogens is 388 g/mol. The Labute approximate surface area is 173 Å². The summed E-state index contributed by atoms with van der Waals surface area (Å²) in [5.41, 5.74) is 0.0935. The van der Waals surface area contributed by atoms with Gasteiger partial charge in [-0.2, -0.15) is 5.10 Å². The predicted molar refractivity (Wildman–Crippen MR) is 112 cm³/mol. The van der Waals surface area contributed by atoms with Gasteiger partial charge in [0, 0.05) is 36.8 Å². The number of aryl methyl sites for hydroxylation is 1. The van der Waals surface area contributed by atoms with Crippen LogP contribution >= 0.6 is 0 Å². The zero-order chi connectivity index (χ0) is 21.7. The van der Waals surface area contributed by atoms with Crippen molar-refractivity contribution < 1.29 is 18.7 Å². The number of carbonyl (C=O) groups is 2. The Morgan fingerprint density at radius 2 is 1.97 bits per heavy atom. The average Bonchev–Trinajstić information content (AvgIpc) is 3.14. The number of hydrogen-bond acceptors (Lipinski definition) is 6. The van der Waals surface area contributed by atoms with Crippen molar-refractivity contribution in [2.45, 2.75) is 33.7 Å². The lowest BCUT2D eigenvalue weighted by Crippen LogP contribution is -2.26. The highest BCUT2D eigenvalue weighted by Gasteiger charge is 2.20. The Morgan fingerprint density at radius 3 is 2.67 bits per heavy atom. The third-order valence-corrected chi connectivity index (χ3v) is 4.36. The van der Waals surface area contributed by atoms with Crippen molar-refractivity contribution in [2.75, 3.05) is 18.5 Å². The summed E-state index contributed by atoms with van der Waals surface area (Å²) in [6.45, 7) is 7.14. The second kappa shape index (κ2) is 9.25. The van der Waals surface area contributed by atoms with Crippen LogP contribution in [0.15, 0.2) is 39.7 Å². The first-order valence-electron chi connectivity index (χ1n) is 9.84. The molecule has 0 aliphatic rings. The number of carbonyl (C=O) groups excluding carboxylic acids is 2. The van der Waals surface area contributed by atoms with Crippen molar-refractivity contribution in [3.8, 4) is 5.75 Å². The summed E-state index contributed by atoms with van der Waals surface area (Å²) in [5, 5.41) is 10.1. The van der Waals surface area contributed by atoms with E-state index in [0.717, 1.165) is 12.5 Å². The van der Waals surface area contributed by atoms with Crippen molar-refractivity contribution in [1.82, 2.24) is 15.1 Å². The molecule has 2 heterocycles. The molecule has 0 bridgehead atoms. The van der Waals surface area contributed by atoms with E-state index in [1.54, 1.807) is 29.1 Å². The van der Waals surface area contributed by atoms with Crippen LogP contribution in [-0.2, 0) is 6.54 Å². The van der Waals surface area contributed by atoms with Gasteiger partial charge in [0.1, 0.15) is 11.3 Å². The van der Waals surface area contributed by atoms with Crippen LogP contribution in [0.1, 0.15) is 48.0 Å². The van der Waals surface area contributed by atoms with Gasteiger partial charge >= 0.3 is 5.63 Å². The van der Waals surface area contributed by atoms with E-state index in [1.807, 2.05) is 20.8 Å². The second-order valence-corrected chi connectivity index (χ2v) is 6.53. The van der Waals surface area contributed by atoms with Crippen molar-refractivity contribution in [3.63, 3.8) is 0 Å². The van der Waals surface area contributed by atoms with Gasteiger partial charge in [0.05, 0.1) is 17.9 Å². The first-order valence-corrected chi connectivity index (χ1v) is 9.84. The Balaban J connectivity index is 1.96. The van der Waals surface area contributed by atoms with Crippen molar-refractivity contribution in [3.05, 3.63) is 52.1 Å². The minimum absolute atomic E-state index is 0.115. The van der Waals surface area contributed by atoms with E-state index in [0.29, 0.717) is 30.8 Å². The zero-order valence-electron chi connectivity index (χ0n) is 17.2. The molecule has 9 heteroatoms. The molecule has 0 spiro atoms. The van der Waals surface area contributed by atoms with Crippen LogP contribution in [0.5, 0.6) is 5.75 Å². The number of benzene rings is 1. The van der Waals surface area contributed by atoms with E-state index >= 15 is 0 Å². The van der Waals surface area contributed by atoms with Gasteiger partial charge in [-0.3, -0.25) is 14.3 Å². The number of aromatic nitrogens is 2. The van der Waals surface area contributed by atoms with Crippen LogP contribution in [0.3, 0.4) is 0 Å². The molecule has 0 aliphatic carbocycles. The third kappa shape index (κ3) is 4.51. The molecule has 0 saturated carbocycles. The van der Waals surface area contributed by atoms with Gasteiger partial charge in [0.2, 0.25) is 0 Å². The molecule has 2 aromatic heterocycles. The van der Waals surface area contributed by atoms with E-state index in [1.165, 1.54) is 0 Å². The molecule has 0 saturated heterocycles. The molecule has 158 valence electrons. The zero-order valence-corrected chi connectivity index (χ0v) is 17.2. The average molecular weight is 412 g/mol. The molecule has 3 aromatic rings. The largest absolute Gasteiger partial charge is 0.494 e. The molecule has 0 atom stereocenters. The van der Waals surface area contributed by atoms with Crippen molar-refractivity contribution in [2.24, 2.45) is 0 Å². The SMILES string of the molecule is CCCNC(=O)c1nn(CC)cc1NC(=O)c1cc(=O)oc2cc(OCC)ccc12. The Bertz CT molecular complexity index is 1130. The van der Waals surface area contributed by atoms with E-state index in [2.05, 4.69) is 15.7 Å². The summed E-state index contributed by atoms with van der Waals surface area (Å²) in [6.07, 6.45) is 2.36. The summed E-state index contributed by atoms with van der Waals surface area (Å²) in [4.78, 5) is 37.4. The molecule has 0 fully saturated rings. The van der Waals surface area contributed by atoms with Gasteiger partial charge in [-0.25, -0.2) is 4.79 Å². The highest BCUT2D eigenvalue weighted by Crippen LogP contribution is 2.24. The molecule has 30 heavy (non-hydrogen) atoms. The summed E-state index contributed by atoms with van der Waals surface area (Å²) < 4.78 is 12.2. The van der Waals surface area contributed by atoms with Gasteiger partial charge < -0.3 is 19.8 Å². The van der Waals surface area contributed by atoms with Gasteiger partial charge in [0.15, 0.2) is 5.69 Å². The Hall–Kier alpha value is -3.62. The molecule has 0 aliphatic heterocycles. The molecule has 9 nitrogen and oxygen atoms in total. The van der Waals surface area contributed by atoms with Crippen LogP contribution in [-0.4, -0.2) is 34.7 Å².